The summed E-state index contributed by atoms with van der Waals surface area (Å²) in [6.45, 7) is 6.07. The summed E-state index contributed by atoms with van der Waals surface area (Å²) in [4.78, 5) is 29.0. The van der Waals surface area contributed by atoms with Crippen molar-refractivity contribution in [1.82, 2.24) is 15.2 Å². The van der Waals surface area contributed by atoms with Gasteiger partial charge in [-0.15, -0.1) is 0 Å². The number of aromatic nitrogens is 1. The van der Waals surface area contributed by atoms with Crippen LogP contribution < -0.4 is 5.32 Å². The minimum absolute atomic E-state index is 0.0819. The number of hydrogen-bond acceptors (Lipinski definition) is 4. The van der Waals surface area contributed by atoms with Crippen LogP contribution in [0.5, 0.6) is 0 Å². The Balaban J connectivity index is 1.80. The van der Waals surface area contributed by atoms with E-state index in [0.717, 1.165) is 32.5 Å². The van der Waals surface area contributed by atoms with E-state index in [1.807, 2.05) is 0 Å². The number of rotatable bonds is 5. The molecule has 1 amide bonds. The van der Waals surface area contributed by atoms with Gasteiger partial charge >= 0.3 is 5.97 Å². The Morgan fingerprint density at radius 1 is 1.38 bits per heavy atom. The van der Waals surface area contributed by atoms with Crippen molar-refractivity contribution in [3.05, 3.63) is 29.6 Å². The third-order valence-electron chi connectivity index (χ3n) is 3.95. The second-order valence-electron chi connectivity index (χ2n) is 5.32. The van der Waals surface area contributed by atoms with Crippen molar-refractivity contribution in [3.63, 3.8) is 0 Å². The average Bonchev–Trinajstić information content (AvgIpc) is 2.53. The standard InChI is InChI=1S/C15H21N3O3/c1-2-18-7-5-11(6-8-18)9-17-14(19)13-4-3-12(10-16-13)15(20)21/h3-4,10-11H,2,5-9H2,1H3,(H,17,19)(H,20,21). The Morgan fingerprint density at radius 3 is 2.62 bits per heavy atom. The van der Waals surface area contributed by atoms with Gasteiger partial charge in [0.25, 0.3) is 5.91 Å². The van der Waals surface area contributed by atoms with Crippen LogP contribution in [0, 0.1) is 5.92 Å². The number of carboxylic acid groups (broad SMARTS) is 1. The number of hydrogen-bond donors (Lipinski definition) is 2. The molecule has 21 heavy (non-hydrogen) atoms. The molecule has 0 aliphatic carbocycles. The zero-order valence-electron chi connectivity index (χ0n) is 12.2. The molecule has 1 fully saturated rings. The number of carbonyl (C=O) groups excluding carboxylic acids is 1. The van der Waals surface area contributed by atoms with Crippen molar-refractivity contribution >= 4 is 11.9 Å². The molecule has 1 aromatic heterocycles. The molecular formula is C15H21N3O3. The van der Waals surface area contributed by atoms with E-state index in [1.54, 1.807) is 0 Å². The predicted molar refractivity (Wildman–Crippen MR) is 78.4 cm³/mol. The van der Waals surface area contributed by atoms with Crippen LogP contribution >= 0.6 is 0 Å². The number of carbonyl (C=O) groups is 2. The molecule has 0 spiro atoms. The molecule has 0 unspecified atom stereocenters. The molecule has 2 heterocycles. The van der Waals surface area contributed by atoms with Crippen LogP contribution in [-0.2, 0) is 0 Å². The summed E-state index contributed by atoms with van der Waals surface area (Å²) in [5.41, 5.74) is 0.337. The van der Waals surface area contributed by atoms with Crippen LogP contribution in [-0.4, -0.2) is 53.0 Å². The largest absolute Gasteiger partial charge is 0.478 e. The van der Waals surface area contributed by atoms with Crippen LogP contribution in [0.25, 0.3) is 0 Å². The zero-order valence-corrected chi connectivity index (χ0v) is 12.2. The van der Waals surface area contributed by atoms with Crippen molar-refractivity contribution in [2.75, 3.05) is 26.2 Å². The first-order valence-corrected chi connectivity index (χ1v) is 7.30. The smallest absolute Gasteiger partial charge is 0.337 e. The number of nitrogens with one attached hydrogen (secondary N) is 1. The zero-order chi connectivity index (χ0) is 15.2. The van der Waals surface area contributed by atoms with E-state index in [9.17, 15) is 9.59 Å². The number of likely N-dealkylation sites (tertiary alicyclic amines) is 1. The fourth-order valence-corrected chi connectivity index (χ4v) is 2.49. The maximum Gasteiger partial charge on any atom is 0.337 e. The molecule has 1 saturated heterocycles. The minimum Gasteiger partial charge on any atom is -0.478 e. The molecular weight excluding hydrogens is 270 g/mol. The summed E-state index contributed by atoms with van der Waals surface area (Å²) in [6, 6.07) is 2.84. The summed E-state index contributed by atoms with van der Waals surface area (Å²) < 4.78 is 0. The normalized spacial score (nSPS) is 16.6. The molecule has 6 heteroatoms. The van der Waals surface area contributed by atoms with Crippen molar-refractivity contribution in [2.45, 2.75) is 19.8 Å². The van der Waals surface area contributed by atoms with Crippen LogP contribution in [0.2, 0.25) is 0 Å². The molecule has 1 aliphatic rings. The van der Waals surface area contributed by atoms with Gasteiger partial charge in [-0.1, -0.05) is 6.92 Å². The summed E-state index contributed by atoms with van der Waals surface area (Å²) in [6.07, 6.45) is 3.40. The maximum absolute atomic E-state index is 12.0. The van der Waals surface area contributed by atoms with Crippen molar-refractivity contribution in [3.8, 4) is 0 Å². The van der Waals surface area contributed by atoms with Gasteiger partial charge in [-0.25, -0.2) is 4.79 Å². The summed E-state index contributed by atoms with van der Waals surface area (Å²) in [5, 5.41) is 11.7. The van der Waals surface area contributed by atoms with Gasteiger partial charge in [0.15, 0.2) is 0 Å². The lowest BCUT2D eigenvalue weighted by atomic mass is 9.97. The van der Waals surface area contributed by atoms with E-state index >= 15 is 0 Å². The maximum atomic E-state index is 12.0. The van der Waals surface area contributed by atoms with E-state index in [-0.39, 0.29) is 17.2 Å². The Hall–Kier alpha value is -1.95. The molecule has 114 valence electrons. The number of carboxylic acids is 1. The van der Waals surface area contributed by atoms with Crippen LogP contribution in [0.3, 0.4) is 0 Å². The molecule has 6 nitrogen and oxygen atoms in total. The SMILES string of the molecule is CCN1CCC(CNC(=O)c2ccc(C(=O)O)cn2)CC1. The van der Waals surface area contributed by atoms with Crippen LogP contribution in [0.15, 0.2) is 18.3 Å². The average molecular weight is 291 g/mol. The van der Waals surface area contributed by atoms with Crippen molar-refractivity contribution in [1.29, 1.82) is 0 Å². The van der Waals surface area contributed by atoms with Gasteiger partial charge in [-0.2, -0.15) is 0 Å². The van der Waals surface area contributed by atoms with Gasteiger partial charge in [0.1, 0.15) is 5.69 Å². The van der Waals surface area contributed by atoms with Gasteiger partial charge in [-0.3, -0.25) is 9.78 Å². The second-order valence-corrected chi connectivity index (χ2v) is 5.32. The van der Waals surface area contributed by atoms with E-state index in [4.69, 9.17) is 5.11 Å². The third kappa shape index (κ3) is 4.26. The Labute approximate surface area is 124 Å². The van der Waals surface area contributed by atoms with Crippen LogP contribution in [0.4, 0.5) is 0 Å². The highest BCUT2D eigenvalue weighted by Gasteiger charge is 2.19. The van der Waals surface area contributed by atoms with E-state index < -0.39 is 5.97 Å². The van der Waals surface area contributed by atoms with E-state index in [2.05, 4.69) is 22.1 Å². The fraction of sp³-hybridized carbons (Fsp3) is 0.533. The van der Waals surface area contributed by atoms with Crippen molar-refractivity contribution in [2.24, 2.45) is 5.92 Å². The van der Waals surface area contributed by atoms with Gasteiger partial charge in [0, 0.05) is 12.7 Å². The quantitative estimate of drug-likeness (QED) is 0.853. The number of aromatic carboxylic acids is 1. The second kappa shape index (κ2) is 7.17. The molecule has 0 radical (unpaired) electrons. The molecule has 0 atom stereocenters. The van der Waals surface area contributed by atoms with Crippen molar-refractivity contribution < 1.29 is 14.7 Å². The highest BCUT2D eigenvalue weighted by Crippen LogP contribution is 2.15. The first-order valence-electron chi connectivity index (χ1n) is 7.30. The number of pyridine rings is 1. The minimum atomic E-state index is -1.04. The van der Waals surface area contributed by atoms with Gasteiger partial charge in [-0.05, 0) is 50.5 Å². The highest BCUT2D eigenvalue weighted by atomic mass is 16.4. The summed E-state index contributed by atoms with van der Waals surface area (Å²) >= 11 is 0. The molecule has 1 aromatic rings. The Kier molecular flexibility index (Phi) is 5.27. The number of piperidine rings is 1. The molecule has 2 rings (SSSR count). The number of nitrogens with zero attached hydrogens (tertiary/aromatic N) is 2. The Bertz CT molecular complexity index is 493. The van der Waals surface area contributed by atoms with Gasteiger partial charge in [0.2, 0.25) is 0 Å². The molecule has 0 bridgehead atoms. The van der Waals surface area contributed by atoms with E-state index in [0.29, 0.717) is 12.5 Å². The molecule has 2 N–H and O–H groups in total. The highest BCUT2D eigenvalue weighted by molar-refractivity contribution is 5.93. The molecule has 1 aliphatic heterocycles. The summed E-state index contributed by atoms with van der Waals surface area (Å²) in [7, 11) is 0. The van der Waals surface area contributed by atoms with Gasteiger partial charge in [0.05, 0.1) is 5.56 Å². The Morgan fingerprint density at radius 2 is 2.10 bits per heavy atom. The number of amides is 1. The lowest BCUT2D eigenvalue weighted by Gasteiger charge is -2.30. The molecule has 0 saturated carbocycles. The molecule has 0 aromatic carbocycles. The summed E-state index contributed by atoms with van der Waals surface area (Å²) in [5.74, 6) is -0.781. The van der Waals surface area contributed by atoms with E-state index in [1.165, 1.54) is 18.3 Å². The topological polar surface area (TPSA) is 82.5 Å². The first kappa shape index (κ1) is 15.4. The van der Waals surface area contributed by atoms with Crippen LogP contribution in [0.1, 0.15) is 40.6 Å². The lowest BCUT2D eigenvalue weighted by Crippen LogP contribution is -2.38. The fourth-order valence-electron chi connectivity index (χ4n) is 2.49. The monoisotopic (exact) mass is 291 g/mol. The third-order valence-corrected chi connectivity index (χ3v) is 3.95. The predicted octanol–water partition coefficient (Wildman–Crippen LogP) is 1.24. The first-order chi connectivity index (χ1) is 10.1. The van der Waals surface area contributed by atoms with Gasteiger partial charge < -0.3 is 15.3 Å². The lowest BCUT2D eigenvalue weighted by molar-refractivity contribution is 0.0695.